The van der Waals surface area contributed by atoms with Crippen molar-refractivity contribution in [2.24, 2.45) is 0 Å². The van der Waals surface area contributed by atoms with Gasteiger partial charge in [0.2, 0.25) is 0 Å². The summed E-state index contributed by atoms with van der Waals surface area (Å²) < 4.78 is 41.3. The van der Waals surface area contributed by atoms with Gasteiger partial charge in [-0.2, -0.15) is 13.2 Å². The predicted octanol–water partition coefficient (Wildman–Crippen LogP) is 2.24. The fourth-order valence-corrected chi connectivity index (χ4v) is 1.48. The summed E-state index contributed by atoms with van der Waals surface area (Å²) >= 11 is 0. The summed E-state index contributed by atoms with van der Waals surface area (Å²) in [5.74, 6) is -3.45. The normalized spacial score (nSPS) is 11.7. The van der Waals surface area contributed by atoms with Crippen molar-refractivity contribution in [2.75, 3.05) is 0 Å². The van der Waals surface area contributed by atoms with E-state index in [4.69, 9.17) is 0 Å². The van der Waals surface area contributed by atoms with Crippen LogP contribution < -0.4 is 5.63 Å². The van der Waals surface area contributed by atoms with Gasteiger partial charge in [0.15, 0.2) is 5.56 Å². The molecule has 0 unspecified atom stereocenters. The van der Waals surface area contributed by atoms with Gasteiger partial charge in [0.05, 0.1) is 5.39 Å². The van der Waals surface area contributed by atoms with Crippen molar-refractivity contribution in [1.29, 1.82) is 0 Å². The van der Waals surface area contributed by atoms with Gasteiger partial charge in [0.1, 0.15) is 11.3 Å². The first-order valence-corrected chi connectivity index (χ1v) is 4.68. The lowest BCUT2D eigenvalue weighted by molar-refractivity contribution is -0.0888. The smallest absolute Gasteiger partial charge is 0.455 e. The van der Waals surface area contributed by atoms with E-state index < -0.39 is 28.9 Å². The monoisotopic (exact) mass is 258 g/mol. The van der Waals surface area contributed by atoms with Crippen LogP contribution in [-0.4, -0.2) is 17.1 Å². The minimum Gasteiger partial charge on any atom is -0.506 e. The molecule has 1 N–H and O–H groups in total. The van der Waals surface area contributed by atoms with Crippen LogP contribution in [0.25, 0.3) is 11.0 Å². The number of aromatic hydroxyl groups is 1. The third-order valence-electron chi connectivity index (χ3n) is 2.27. The Kier molecular flexibility index (Phi) is 2.61. The molecule has 0 atom stereocenters. The molecule has 0 bridgehead atoms. The maximum Gasteiger partial charge on any atom is 0.455 e. The van der Waals surface area contributed by atoms with Gasteiger partial charge in [-0.3, -0.25) is 4.79 Å². The minimum atomic E-state index is -5.26. The molecular formula is C11H5F3O4. The van der Waals surface area contributed by atoms with Gasteiger partial charge in [-0.05, 0) is 12.1 Å². The third kappa shape index (κ3) is 1.83. The number of carbonyl (C=O) groups excluding carboxylic acids is 1. The van der Waals surface area contributed by atoms with E-state index in [9.17, 15) is 27.9 Å². The summed E-state index contributed by atoms with van der Waals surface area (Å²) in [5.41, 5.74) is -3.02. The average Bonchev–Trinajstić information content (AvgIpc) is 2.27. The Morgan fingerprint density at radius 1 is 1.22 bits per heavy atom. The molecule has 0 saturated carbocycles. The number of alkyl halides is 3. The van der Waals surface area contributed by atoms with Crippen LogP contribution in [0.4, 0.5) is 13.2 Å². The highest BCUT2D eigenvalue weighted by Crippen LogP contribution is 2.30. The Hall–Kier alpha value is -2.31. The van der Waals surface area contributed by atoms with Gasteiger partial charge in [-0.15, -0.1) is 0 Å². The molecule has 0 spiro atoms. The second-order valence-corrected chi connectivity index (χ2v) is 3.44. The molecule has 1 aromatic carbocycles. The van der Waals surface area contributed by atoms with Gasteiger partial charge in [0.25, 0.3) is 5.78 Å². The first-order valence-electron chi connectivity index (χ1n) is 4.68. The van der Waals surface area contributed by atoms with Crippen LogP contribution in [0.15, 0.2) is 33.5 Å². The number of ketones is 1. The number of hydrogen-bond donors (Lipinski definition) is 1. The highest BCUT2D eigenvalue weighted by Gasteiger charge is 2.43. The van der Waals surface area contributed by atoms with E-state index in [-0.39, 0.29) is 11.0 Å². The number of carbonyl (C=O) groups is 1. The van der Waals surface area contributed by atoms with Crippen molar-refractivity contribution >= 4 is 16.8 Å². The van der Waals surface area contributed by atoms with Crippen LogP contribution in [0.2, 0.25) is 0 Å². The Bertz CT molecular complexity index is 685. The summed E-state index contributed by atoms with van der Waals surface area (Å²) in [6.07, 6.45) is -5.26. The summed E-state index contributed by atoms with van der Waals surface area (Å²) in [5, 5.41) is 9.45. The number of hydrogen-bond acceptors (Lipinski definition) is 4. The van der Waals surface area contributed by atoms with Gasteiger partial charge < -0.3 is 9.52 Å². The van der Waals surface area contributed by atoms with Gasteiger partial charge in [0, 0.05) is 0 Å². The highest BCUT2D eigenvalue weighted by atomic mass is 19.4. The predicted molar refractivity (Wildman–Crippen MR) is 54.5 cm³/mol. The molecule has 0 saturated heterocycles. The second-order valence-electron chi connectivity index (χ2n) is 3.44. The van der Waals surface area contributed by atoms with Gasteiger partial charge >= 0.3 is 11.8 Å². The molecular weight excluding hydrogens is 253 g/mol. The van der Waals surface area contributed by atoms with E-state index in [1.165, 1.54) is 24.3 Å². The van der Waals surface area contributed by atoms with Crippen molar-refractivity contribution in [3.63, 3.8) is 0 Å². The molecule has 94 valence electrons. The maximum absolute atomic E-state index is 12.3. The number of para-hydroxylation sites is 1. The summed E-state index contributed by atoms with van der Waals surface area (Å²) in [6, 6.07) is 5.42. The highest BCUT2D eigenvalue weighted by molar-refractivity contribution is 6.05. The first-order chi connectivity index (χ1) is 8.32. The van der Waals surface area contributed by atoms with Crippen molar-refractivity contribution in [3.05, 3.63) is 40.2 Å². The molecule has 0 fully saturated rings. The summed E-state index contributed by atoms with van der Waals surface area (Å²) in [7, 11) is 0. The molecule has 2 rings (SSSR count). The second kappa shape index (κ2) is 3.86. The van der Waals surface area contributed by atoms with Crippen molar-refractivity contribution in [3.8, 4) is 5.75 Å². The zero-order valence-corrected chi connectivity index (χ0v) is 8.62. The van der Waals surface area contributed by atoms with E-state index in [0.717, 1.165) is 0 Å². The first kappa shape index (κ1) is 12.2. The summed E-state index contributed by atoms with van der Waals surface area (Å²) in [6.45, 7) is 0. The van der Waals surface area contributed by atoms with Gasteiger partial charge in [-0.1, -0.05) is 12.1 Å². The van der Waals surface area contributed by atoms with Crippen molar-refractivity contribution < 1.29 is 27.5 Å². The van der Waals surface area contributed by atoms with E-state index in [2.05, 4.69) is 4.42 Å². The number of benzene rings is 1. The van der Waals surface area contributed by atoms with E-state index >= 15 is 0 Å². The van der Waals surface area contributed by atoms with Gasteiger partial charge in [-0.25, -0.2) is 4.79 Å². The zero-order valence-electron chi connectivity index (χ0n) is 8.62. The van der Waals surface area contributed by atoms with Crippen molar-refractivity contribution in [2.45, 2.75) is 6.18 Å². The maximum atomic E-state index is 12.3. The average molecular weight is 258 g/mol. The standard InChI is InChI=1S/C11H5F3O4/c12-11(13,14)9(16)7-8(15)5-3-1-2-4-6(5)18-10(7)17/h1-4,15H. The quantitative estimate of drug-likeness (QED) is 0.629. The number of Topliss-reactive ketones (excluding diaryl/α,β-unsaturated/α-hetero) is 1. The number of halogens is 3. The minimum absolute atomic E-state index is 0.0984. The topological polar surface area (TPSA) is 67.5 Å². The van der Waals surface area contributed by atoms with E-state index in [1.54, 1.807) is 0 Å². The van der Waals surface area contributed by atoms with E-state index in [0.29, 0.717) is 0 Å². The van der Waals surface area contributed by atoms with Crippen LogP contribution in [0.1, 0.15) is 10.4 Å². The fourth-order valence-electron chi connectivity index (χ4n) is 1.48. The molecule has 0 aliphatic carbocycles. The lowest BCUT2D eigenvalue weighted by Gasteiger charge is -2.07. The molecule has 0 radical (unpaired) electrons. The van der Waals surface area contributed by atoms with Crippen LogP contribution in [-0.2, 0) is 0 Å². The molecule has 0 amide bonds. The molecule has 0 aliphatic rings. The molecule has 4 nitrogen and oxygen atoms in total. The lowest BCUT2D eigenvalue weighted by Crippen LogP contribution is -2.28. The van der Waals surface area contributed by atoms with Crippen LogP contribution >= 0.6 is 0 Å². The molecule has 2 aromatic rings. The Balaban J connectivity index is 2.81. The summed E-state index contributed by atoms with van der Waals surface area (Å²) in [4.78, 5) is 22.3. The lowest BCUT2D eigenvalue weighted by atomic mass is 10.1. The third-order valence-corrected chi connectivity index (χ3v) is 2.27. The van der Waals surface area contributed by atoms with Crippen molar-refractivity contribution in [1.82, 2.24) is 0 Å². The largest absolute Gasteiger partial charge is 0.506 e. The molecule has 0 aliphatic heterocycles. The van der Waals surface area contributed by atoms with Crippen LogP contribution in [0, 0.1) is 0 Å². The Morgan fingerprint density at radius 3 is 2.44 bits per heavy atom. The molecule has 7 heteroatoms. The zero-order chi connectivity index (χ0) is 13.5. The van der Waals surface area contributed by atoms with Crippen LogP contribution in [0.5, 0.6) is 5.75 Å². The Labute approximate surface area is 97.3 Å². The van der Waals surface area contributed by atoms with E-state index in [1.807, 2.05) is 0 Å². The number of rotatable bonds is 1. The fraction of sp³-hybridized carbons (Fsp3) is 0.0909. The molecule has 1 aromatic heterocycles. The SMILES string of the molecule is O=C(c1c(O)c2ccccc2oc1=O)C(F)(F)F. The molecule has 18 heavy (non-hydrogen) atoms. The van der Waals surface area contributed by atoms with Crippen LogP contribution in [0.3, 0.4) is 0 Å². The Morgan fingerprint density at radius 2 is 1.83 bits per heavy atom. The number of fused-ring (bicyclic) bond motifs is 1. The molecule has 1 heterocycles.